The molecular formula is C26H36O3. The molecule has 1 unspecified atom stereocenters. The molecule has 0 saturated carbocycles. The molecule has 0 N–H and O–H groups in total. The molecule has 0 aliphatic heterocycles. The van der Waals surface area contributed by atoms with Crippen LogP contribution in [0.15, 0.2) is 67.3 Å². The Kier molecular flexibility index (Phi) is 9.93. The second-order valence-corrected chi connectivity index (χ2v) is 7.90. The fraction of sp³-hybridized carbons (Fsp3) is 0.500. The second kappa shape index (κ2) is 12.4. The third-order valence-corrected chi connectivity index (χ3v) is 5.45. The number of carbonyl (C=O) groups excluding carboxylic acids is 1. The van der Waals surface area contributed by atoms with Gasteiger partial charge in [0.15, 0.2) is 0 Å². The van der Waals surface area contributed by atoms with Gasteiger partial charge in [-0.05, 0) is 42.9 Å². The zero-order valence-electron chi connectivity index (χ0n) is 18.0. The van der Waals surface area contributed by atoms with E-state index in [-0.39, 0.29) is 11.9 Å². The number of hydrogen-bond donors (Lipinski definition) is 0. The number of ether oxygens (including phenoxy) is 2. The van der Waals surface area contributed by atoms with Crippen molar-refractivity contribution in [3.8, 4) is 0 Å². The molecule has 0 saturated heterocycles. The Morgan fingerprint density at radius 1 is 1.14 bits per heavy atom. The minimum atomic E-state index is -1.11. The third-order valence-electron chi connectivity index (χ3n) is 5.45. The van der Waals surface area contributed by atoms with Gasteiger partial charge >= 0.3 is 5.97 Å². The summed E-state index contributed by atoms with van der Waals surface area (Å²) in [5.74, 6) is 0.173. The van der Waals surface area contributed by atoms with Crippen LogP contribution in [0.1, 0.15) is 63.9 Å². The van der Waals surface area contributed by atoms with Crippen LogP contribution >= 0.6 is 0 Å². The van der Waals surface area contributed by atoms with Crippen molar-refractivity contribution in [1.82, 2.24) is 0 Å². The fourth-order valence-electron chi connectivity index (χ4n) is 3.24. The molecule has 0 aromatic heterocycles. The molecule has 0 radical (unpaired) electrons. The highest BCUT2D eigenvalue weighted by molar-refractivity contribution is 5.85. The quantitative estimate of drug-likeness (QED) is 0.220. The van der Waals surface area contributed by atoms with Crippen molar-refractivity contribution >= 4 is 5.97 Å². The molecule has 0 heterocycles. The summed E-state index contributed by atoms with van der Waals surface area (Å²) in [6.07, 6.45) is 16.2. The van der Waals surface area contributed by atoms with Gasteiger partial charge < -0.3 is 9.47 Å². The lowest BCUT2D eigenvalue weighted by Crippen LogP contribution is -2.41. The lowest BCUT2D eigenvalue weighted by Gasteiger charge is -2.30. The maximum Gasteiger partial charge on any atom is 0.346 e. The molecule has 0 amide bonds. The number of carbonyl (C=O) groups is 1. The maximum atomic E-state index is 12.9. The number of esters is 1. The Morgan fingerprint density at radius 2 is 1.83 bits per heavy atom. The predicted octanol–water partition coefficient (Wildman–Crippen LogP) is 6.38. The van der Waals surface area contributed by atoms with Gasteiger partial charge in [0, 0.05) is 12.5 Å². The molecule has 0 fully saturated rings. The van der Waals surface area contributed by atoms with E-state index in [4.69, 9.17) is 9.47 Å². The highest BCUT2D eigenvalue weighted by Gasteiger charge is 2.38. The Balaban J connectivity index is 1.99. The number of unbranched alkanes of at least 4 members (excludes halogenated alkanes) is 4. The van der Waals surface area contributed by atoms with E-state index in [0.29, 0.717) is 19.1 Å². The molecule has 0 bridgehead atoms. The van der Waals surface area contributed by atoms with Gasteiger partial charge in [-0.25, -0.2) is 4.79 Å². The van der Waals surface area contributed by atoms with E-state index in [1.165, 1.54) is 5.56 Å². The van der Waals surface area contributed by atoms with Crippen LogP contribution in [0.4, 0.5) is 0 Å². The van der Waals surface area contributed by atoms with Gasteiger partial charge in [0.25, 0.3) is 0 Å². The number of rotatable bonds is 13. The van der Waals surface area contributed by atoms with Gasteiger partial charge in [-0.3, -0.25) is 0 Å². The topological polar surface area (TPSA) is 35.5 Å². The normalized spacial score (nSPS) is 21.7. The summed E-state index contributed by atoms with van der Waals surface area (Å²) in [7, 11) is 0. The molecule has 2 rings (SSSR count). The van der Waals surface area contributed by atoms with Crippen LogP contribution in [0.2, 0.25) is 0 Å². The molecule has 29 heavy (non-hydrogen) atoms. The van der Waals surface area contributed by atoms with Gasteiger partial charge in [0.1, 0.15) is 0 Å². The third kappa shape index (κ3) is 7.32. The van der Waals surface area contributed by atoms with E-state index in [0.717, 1.165) is 38.5 Å². The molecule has 1 aliphatic rings. The second-order valence-electron chi connectivity index (χ2n) is 7.90. The molecule has 1 aromatic carbocycles. The first-order valence-corrected chi connectivity index (χ1v) is 11.0. The van der Waals surface area contributed by atoms with Gasteiger partial charge in [-0.15, -0.1) is 6.58 Å². The van der Waals surface area contributed by atoms with Crippen LogP contribution in [0.3, 0.4) is 0 Å². The van der Waals surface area contributed by atoms with Crippen LogP contribution in [-0.4, -0.2) is 24.8 Å². The number of allylic oxidation sites excluding steroid dienone is 3. The standard InChI is InChI=1S/C26H36O3/c1-4-6-7-8-9-13-20-29-26(25(27)28-21-22(3)5-2)18-16-24(17-19-26)23-14-11-10-12-15-23/h4,10-12,14-19,22,24H,1,5-9,13,20-21H2,2-3H3. The Labute approximate surface area is 176 Å². The zero-order valence-corrected chi connectivity index (χ0v) is 18.0. The summed E-state index contributed by atoms with van der Waals surface area (Å²) in [6.45, 7) is 8.90. The van der Waals surface area contributed by atoms with Crippen LogP contribution < -0.4 is 0 Å². The van der Waals surface area contributed by atoms with Crippen LogP contribution in [0.25, 0.3) is 0 Å². The summed E-state index contributed by atoms with van der Waals surface area (Å²) >= 11 is 0. The molecule has 1 atom stereocenters. The van der Waals surface area contributed by atoms with E-state index in [1.54, 1.807) is 0 Å². The van der Waals surface area contributed by atoms with Gasteiger partial charge in [-0.1, -0.05) is 81.7 Å². The van der Waals surface area contributed by atoms with Crippen molar-refractivity contribution in [3.05, 3.63) is 72.9 Å². The van der Waals surface area contributed by atoms with E-state index < -0.39 is 5.60 Å². The highest BCUT2D eigenvalue weighted by Crippen LogP contribution is 2.30. The minimum absolute atomic E-state index is 0.147. The predicted molar refractivity (Wildman–Crippen MR) is 120 cm³/mol. The lowest BCUT2D eigenvalue weighted by atomic mass is 9.88. The average Bonchev–Trinajstić information content (AvgIpc) is 2.77. The summed E-state index contributed by atoms with van der Waals surface area (Å²) in [5, 5.41) is 0. The molecular weight excluding hydrogens is 360 g/mol. The molecule has 3 nitrogen and oxygen atoms in total. The van der Waals surface area contributed by atoms with Gasteiger partial charge in [0.05, 0.1) is 6.61 Å². The van der Waals surface area contributed by atoms with E-state index >= 15 is 0 Å². The van der Waals surface area contributed by atoms with Crippen molar-refractivity contribution in [2.75, 3.05) is 13.2 Å². The summed E-state index contributed by atoms with van der Waals surface area (Å²) in [4.78, 5) is 12.9. The highest BCUT2D eigenvalue weighted by atomic mass is 16.6. The largest absolute Gasteiger partial charge is 0.463 e. The summed E-state index contributed by atoms with van der Waals surface area (Å²) in [5.41, 5.74) is 0.0867. The molecule has 3 heteroatoms. The molecule has 1 aliphatic carbocycles. The first-order valence-electron chi connectivity index (χ1n) is 11.0. The Bertz CT molecular complexity index is 660. The van der Waals surface area contributed by atoms with Gasteiger partial charge in [0.2, 0.25) is 5.60 Å². The summed E-state index contributed by atoms with van der Waals surface area (Å²) < 4.78 is 11.7. The molecule has 158 valence electrons. The van der Waals surface area contributed by atoms with E-state index in [2.05, 4.69) is 32.6 Å². The summed E-state index contributed by atoms with van der Waals surface area (Å²) in [6, 6.07) is 10.3. The number of hydrogen-bond acceptors (Lipinski definition) is 3. The van der Waals surface area contributed by atoms with Crippen LogP contribution in [0, 0.1) is 5.92 Å². The van der Waals surface area contributed by atoms with Crippen molar-refractivity contribution in [1.29, 1.82) is 0 Å². The SMILES string of the molecule is C=CCCCCCCOC1(C(=O)OCC(C)CC)C=CC(c2ccccc2)C=C1. The van der Waals surface area contributed by atoms with Gasteiger partial charge in [-0.2, -0.15) is 0 Å². The number of benzene rings is 1. The van der Waals surface area contributed by atoms with Crippen LogP contribution in [-0.2, 0) is 14.3 Å². The first-order chi connectivity index (χ1) is 14.1. The smallest absolute Gasteiger partial charge is 0.346 e. The van der Waals surface area contributed by atoms with Crippen molar-refractivity contribution in [2.24, 2.45) is 5.92 Å². The Morgan fingerprint density at radius 3 is 2.48 bits per heavy atom. The fourth-order valence-corrected chi connectivity index (χ4v) is 3.24. The van der Waals surface area contributed by atoms with Crippen molar-refractivity contribution < 1.29 is 14.3 Å². The molecule has 0 spiro atoms. The Hall–Kier alpha value is -2.13. The average molecular weight is 397 g/mol. The van der Waals surface area contributed by atoms with Crippen molar-refractivity contribution in [3.63, 3.8) is 0 Å². The first kappa shape index (κ1) is 23.2. The minimum Gasteiger partial charge on any atom is -0.463 e. The molecule has 1 aromatic rings. The van der Waals surface area contributed by atoms with E-state index in [1.807, 2.05) is 48.6 Å². The van der Waals surface area contributed by atoms with Crippen molar-refractivity contribution in [2.45, 2.75) is 63.9 Å². The van der Waals surface area contributed by atoms with E-state index in [9.17, 15) is 4.79 Å². The maximum absolute atomic E-state index is 12.9. The monoisotopic (exact) mass is 396 g/mol. The lowest BCUT2D eigenvalue weighted by molar-refractivity contribution is -0.162. The zero-order chi connectivity index (χ0) is 21.0. The van der Waals surface area contributed by atoms with Crippen LogP contribution in [0.5, 0.6) is 0 Å².